The number of nitrogens with zero attached hydrogens (tertiary/aromatic N) is 1. The molecule has 2 rings (SSSR count). The molecule has 2 aromatic carbocycles. The van der Waals surface area contributed by atoms with E-state index in [0.717, 1.165) is 11.8 Å². The molecule has 0 aliphatic heterocycles. The van der Waals surface area contributed by atoms with Gasteiger partial charge in [-0.3, -0.25) is 4.31 Å². The van der Waals surface area contributed by atoms with Crippen LogP contribution in [0.25, 0.3) is 0 Å². The Morgan fingerprint density at radius 2 is 1.87 bits per heavy atom. The Morgan fingerprint density at radius 3 is 2.43 bits per heavy atom. The molecule has 23 heavy (non-hydrogen) atoms. The average Bonchev–Trinajstić information content (AvgIpc) is 2.52. The van der Waals surface area contributed by atoms with Gasteiger partial charge in [-0.05, 0) is 39.2 Å². The van der Waals surface area contributed by atoms with Crippen LogP contribution in [-0.4, -0.2) is 25.7 Å². The van der Waals surface area contributed by atoms with E-state index in [1.807, 2.05) is 30.3 Å². The molecule has 0 aliphatic rings. The van der Waals surface area contributed by atoms with Crippen molar-refractivity contribution in [2.24, 2.45) is 0 Å². The van der Waals surface area contributed by atoms with Crippen LogP contribution in [0.1, 0.15) is 17.2 Å². The predicted octanol–water partition coefficient (Wildman–Crippen LogP) is 3.69. The van der Waals surface area contributed by atoms with Gasteiger partial charge in [-0.2, -0.15) is 0 Å². The minimum absolute atomic E-state index is 0.0403. The molecule has 0 bridgehead atoms. The number of hydrogen-bond donors (Lipinski definition) is 1. The summed E-state index contributed by atoms with van der Waals surface area (Å²) < 4.78 is 26.4. The van der Waals surface area contributed by atoms with E-state index < -0.39 is 16.1 Å². The number of benzene rings is 2. The molecule has 0 amide bonds. The number of anilines is 1. The molecule has 0 fully saturated rings. The Kier molecular flexibility index (Phi) is 6.08. The Bertz CT molecular complexity index is 768. The van der Waals surface area contributed by atoms with Crippen molar-refractivity contribution >= 4 is 43.2 Å². The minimum atomic E-state index is -3.50. The zero-order chi connectivity index (χ0) is 17.0. The van der Waals surface area contributed by atoms with E-state index in [0.29, 0.717) is 15.7 Å². The molecule has 124 valence electrons. The maximum atomic E-state index is 12.3. The van der Waals surface area contributed by atoms with Crippen molar-refractivity contribution in [3.05, 3.63) is 64.1 Å². The summed E-state index contributed by atoms with van der Waals surface area (Å²) in [6.45, 7) is 0.207. The molecule has 4 nitrogen and oxygen atoms in total. The number of halogens is 2. The molecule has 1 unspecified atom stereocenters. The lowest BCUT2D eigenvalue weighted by molar-refractivity contribution is 0.202. The van der Waals surface area contributed by atoms with Crippen LogP contribution in [0, 0.1) is 0 Å². The molecule has 0 saturated heterocycles. The van der Waals surface area contributed by atoms with Crippen molar-refractivity contribution in [3.63, 3.8) is 0 Å². The van der Waals surface area contributed by atoms with Gasteiger partial charge >= 0.3 is 0 Å². The standard InChI is InChI=1S/C16H17BrClNO3S/c1-23(21,22)19(11-12-5-3-2-4-6-12)15-9-13(16(20)10-18)7-8-14(15)17/h2-9,16,20H,10-11H2,1H3. The molecule has 2 aromatic rings. The van der Waals surface area contributed by atoms with E-state index in [2.05, 4.69) is 15.9 Å². The van der Waals surface area contributed by atoms with Gasteiger partial charge in [0.05, 0.1) is 30.5 Å². The van der Waals surface area contributed by atoms with Crippen LogP contribution in [0.15, 0.2) is 53.0 Å². The summed E-state index contributed by atoms with van der Waals surface area (Å²) in [5, 5.41) is 9.90. The highest BCUT2D eigenvalue weighted by molar-refractivity contribution is 9.10. The first-order chi connectivity index (χ1) is 10.8. The van der Waals surface area contributed by atoms with Gasteiger partial charge < -0.3 is 5.11 Å². The molecule has 0 spiro atoms. The van der Waals surface area contributed by atoms with Gasteiger partial charge in [-0.1, -0.05) is 36.4 Å². The Labute approximate surface area is 149 Å². The molecule has 0 saturated carbocycles. The van der Waals surface area contributed by atoms with E-state index in [1.165, 1.54) is 4.31 Å². The maximum Gasteiger partial charge on any atom is 0.232 e. The molecule has 0 aromatic heterocycles. The SMILES string of the molecule is CS(=O)(=O)N(Cc1ccccc1)c1cc(C(O)CCl)ccc1Br. The van der Waals surface area contributed by atoms with Gasteiger partial charge in [-0.15, -0.1) is 11.6 Å². The monoisotopic (exact) mass is 417 g/mol. The van der Waals surface area contributed by atoms with Crippen molar-refractivity contribution in [3.8, 4) is 0 Å². The van der Waals surface area contributed by atoms with Crippen LogP contribution < -0.4 is 4.31 Å². The fourth-order valence-corrected chi connectivity index (χ4v) is 3.80. The quantitative estimate of drug-likeness (QED) is 0.728. The van der Waals surface area contributed by atoms with E-state index in [9.17, 15) is 13.5 Å². The van der Waals surface area contributed by atoms with Gasteiger partial charge in [0.25, 0.3) is 0 Å². The largest absolute Gasteiger partial charge is 0.387 e. The van der Waals surface area contributed by atoms with Crippen LogP contribution >= 0.6 is 27.5 Å². The van der Waals surface area contributed by atoms with Gasteiger partial charge in [0.15, 0.2) is 0 Å². The normalized spacial score (nSPS) is 12.9. The zero-order valence-corrected chi connectivity index (χ0v) is 15.6. The Hall–Kier alpha value is -1.08. The number of aliphatic hydroxyl groups is 1. The van der Waals surface area contributed by atoms with Crippen molar-refractivity contribution < 1.29 is 13.5 Å². The van der Waals surface area contributed by atoms with E-state index >= 15 is 0 Å². The summed E-state index contributed by atoms with van der Waals surface area (Å²) in [6.07, 6.45) is 0.314. The number of aliphatic hydroxyl groups excluding tert-OH is 1. The summed E-state index contributed by atoms with van der Waals surface area (Å²) in [4.78, 5) is 0. The topological polar surface area (TPSA) is 57.6 Å². The zero-order valence-electron chi connectivity index (χ0n) is 12.5. The van der Waals surface area contributed by atoms with E-state index in [4.69, 9.17) is 11.6 Å². The van der Waals surface area contributed by atoms with Crippen LogP contribution in [0.5, 0.6) is 0 Å². The molecule has 0 aliphatic carbocycles. The fourth-order valence-electron chi connectivity index (χ4n) is 2.15. The van der Waals surface area contributed by atoms with Crippen LogP contribution in [0.2, 0.25) is 0 Å². The molecule has 0 heterocycles. The first kappa shape index (κ1) is 18.3. The third kappa shape index (κ3) is 4.70. The lowest BCUT2D eigenvalue weighted by atomic mass is 10.1. The van der Waals surface area contributed by atoms with Crippen LogP contribution in [0.4, 0.5) is 5.69 Å². The maximum absolute atomic E-state index is 12.3. The first-order valence-corrected chi connectivity index (χ1v) is 10.1. The van der Waals surface area contributed by atoms with Crippen LogP contribution in [-0.2, 0) is 16.6 Å². The van der Waals surface area contributed by atoms with Crippen molar-refractivity contribution in [2.75, 3.05) is 16.4 Å². The van der Waals surface area contributed by atoms with Crippen molar-refractivity contribution in [1.29, 1.82) is 0 Å². The number of sulfonamides is 1. The van der Waals surface area contributed by atoms with Gasteiger partial charge in [-0.25, -0.2) is 8.42 Å². The molecule has 1 N–H and O–H groups in total. The summed E-state index contributed by atoms with van der Waals surface area (Å²) in [5.74, 6) is 0.0403. The third-order valence-corrected chi connectivity index (χ3v) is 5.43. The van der Waals surface area contributed by atoms with E-state index in [1.54, 1.807) is 18.2 Å². The summed E-state index contributed by atoms with van der Waals surface area (Å²) in [7, 11) is -3.50. The molecule has 0 radical (unpaired) electrons. The lowest BCUT2D eigenvalue weighted by Crippen LogP contribution is -2.29. The first-order valence-electron chi connectivity index (χ1n) is 6.88. The Balaban J connectivity index is 2.48. The summed E-state index contributed by atoms with van der Waals surface area (Å²) in [5.41, 5.74) is 1.91. The second-order valence-corrected chi connectivity index (χ2v) is 8.21. The average molecular weight is 419 g/mol. The molecule has 7 heteroatoms. The van der Waals surface area contributed by atoms with Crippen LogP contribution in [0.3, 0.4) is 0 Å². The second kappa shape index (κ2) is 7.66. The number of hydrogen-bond acceptors (Lipinski definition) is 3. The van der Waals surface area contributed by atoms with E-state index in [-0.39, 0.29) is 12.4 Å². The fraction of sp³-hybridized carbons (Fsp3) is 0.250. The summed E-state index contributed by atoms with van der Waals surface area (Å²) >= 11 is 9.07. The lowest BCUT2D eigenvalue weighted by Gasteiger charge is -2.25. The highest BCUT2D eigenvalue weighted by Gasteiger charge is 2.21. The number of alkyl halides is 1. The highest BCUT2D eigenvalue weighted by atomic mass is 79.9. The highest BCUT2D eigenvalue weighted by Crippen LogP contribution is 2.32. The smallest absolute Gasteiger partial charge is 0.232 e. The van der Waals surface area contributed by atoms with Gasteiger partial charge in [0.1, 0.15) is 0 Å². The Morgan fingerprint density at radius 1 is 1.22 bits per heavy atom. The summed E-state index contributed by atoms with van der Waals surface area (Å²) in [6, 6.07) is 14.4. The van der Waals surface area contributed by atoms with Crippen molar-refractivity contribution in [2.45, 2.75) is 12.6 Å². The number of rotatable bonds is 6. The molecular weight excluding hydrogens is 402 g/mol. The third-order valence-electron chi connectivity index (χ3n) is 3.34. The predicted molar refractivity (Wildman–Crippen MR) is 97.3 cm³/mol. The molecular formula is C16H17BrClNO3S. The minimum Gasteiger partial charge on any atom is -0.387 e. The molecule has 1 atom stereocenters. The second-order valence-electron chi connectivity index (χ2n) is 5.14. The van der Waals surface area contributed by atoms with Gasteiger partial charge in [0, 0.05) is 4.47 Å². The van der Waals surface area contributed by atoms with Gasteiger partial charge in [0.2, 0.25) is 10.0 Å². The van der Waals surface area contributed by atoms with Crippen molar-refractivity contribution in [1.82, 2.24) is 0 Å².